The normalized spacial score (nSPS) is 12.6. The third kappa shape index (κ3) is 3.78. The Morgan fingerprint density at radius 3 is 2.35 bits per heavy atom. The first-order chi connectivity index (χ1) is 12.0. The Kier molecular flexibility index (Phi) is 5.82. The molecule has 0 saturated carbocycles. The topological polar surface area (TPSA) is 111 Å². The molecule has 138 valence electrons. The minimum Gasteiger partial charge on any atom is -0.388 e. The van der Waals surface area contributed by atoms with E-state index < -0.39 is 38.3 Å². The van der Waals surface area contributed by atoms with Crippen molar-refractivity contribution < 1.29 is 17.4 Å². The van der Waals surface area contributed by atoms with Crippen molar-refractivity contribution in [2.45, 2.75) is 11.1 Å². The molecule has 1 heterocycles. The molecule has 0 saturated heterocycles. The molecule has 4 N–H and O–H groups in total. The van der Waals surface area contributed by atoms with Crippen molar-refractivity contribution in [3.05, 3.63) is 33.4 Å². The van der Waals surface area contributed by atoms with Crippen molar-refractivity contribution in [2.24, 2.45) is 5.73 Å². The Morgan fingerprint density at radius 1 is 1.38 bits per heavy atom. The van der Waals surface area contributed by atoms with Crippen LogP contribution in [0.15, 0.2) is 17.0 Å². The largest absolute Gasteiger partial charge is 0.416 e. The van der Waals surface area contributed by atoms with E-state index in [0.29, 0.717) is 12.1 Å². The molecule has 2 aromatic rings. The second-order valence-electron chi connectivity index (χ2n) is 4.77. The van der Waals surface area contributed by atoms with Crippen LogP contribution in [-0.4, -0.2) is 24.7 Å². The smallest absolute Gasteiger partial charge is 0.388 e. The molecule has 2 rings (SSSR count). The Labute approximate surface area is 162 Å². The predicted octanol–water partition coefficient (Wildman–Crippen LogP) is 3.05. The summed E-state index contributed by atoms with van der Waals surface area (Å²) in [4.78, 5) is -0.387. The van der Waals surface area contributed by atoms with Crippen LogP contribution in [0.5, 0.6) is 0 Å². The van der Waals surface area contributed by atoms with Crippen LogP contribution in [0.2, 0.25) is 10.0 Å². The van der Waals surface area contributed by atoms with Gasteiger partial charge in [0.1, 0.15) is 32.8 Å². The lowest BCUT2D eigenvalue weighted by molar-refractivity contribution is -0.137. The molecule has 0 amide bonds. The molecule has 1 aromatic heterocycles. The quantitative estimate of drug-likeness (QED) is 0.705. The Hall–Kier alpha value is -1.87. The standard InChI is InChI=1S/C13H8Cl2F3N5OS2/c14-6-3-5(13(16,17)18)4-7(15)9(6)23-11(20)10(26(24)2-1-19)8(22-23)12(21)25/h3-4H,2,20H2,(H2,21,25). The fourth-order valence-corrected chi connectivity index (χ4v) is 3.84. The van der Waals surface area contributed by atoms with Crippen molar-refractivity contribution >= 4 is 57.0 Å². The molecule has 6 nitrogen and oxygen atoms in total. The average Bonchev–Trinajstić information content (AvgIpc) is 2.84. The highest BCUT2D eigenvalue weighted by atomic mass is 35.5. The summed E-state index contributed by atoms with van der Waals surface area (Å²) < 4.78 is 51.7. The number of nitriles is 1. The number of nitrogen functional groups attached to an aromatic ring is 1. The zero-order valence-corrected chi connectivity index (χ0v) is 15.6. The van der Waals surface area contributed by atoms with E-state index in [0.717, 1.165) is 4.68 Å². The summed E-state index contributed by atoms with van der Waals surface area (Å²) in [5.41, 5.74) is 10.1. The number of aromatic nitrogens is 2. The lowest BCUT2D eigenvalue weighted by atomic mass is 10.2. The zero-order valence-electron chi connectivity index (χ0n) is 12.5. The number of rotatable bonds is 4. The maximum absolute atomic E-state index is 12.9. The third-order valence-corrected chi connectivity index (χ3v) is 5.11. The van der Waals surface area contributed by atoms with Crippen LogP contribution in [0.3, 0.4) is 0 Å². The highest BCUT2D eigenvalue weighted by molar-refractivity contribution is 7.85. The summed E-state index contributed by atoms with van der Waals surface area (Å²) in [6.07, 6.45) is -4.66. The molecular formula is C13H8Cl2F3N5OS2. The highest BCUT2D eigenvalue weighted by Gasteiger charge is 2.33. The summed E-state index contributed by atoms with van der Waals surface area (Å²) >= 11 is 16.7. The van der Waals surface area contributed by atoms with Gasteiger partial charge in [0, 0.05) is 0 Å². The van der Waals surface area contributed by atoms with Gasteiger partial charge < -0.3 is 11.5 Å². The Balaban J connectivity index is 2.75. The number of halogens is 5. The van der Waals surface area contributed by atoms with E-state index in [1.165, 1.54) is 0 Å². The van der Waals surface area contributed by atoms with Crippen LogP contribution < -0.4 is 11.5 Å². The number of benzene rings is 1. The number of nitrogens with two attached hydrogens (primary N) is 2. The van der Waals surface area contributed by atoms with E-state index in [1.54, 1.807) is 6.07 Å². The number of thiocarbonyl (C=S) groups is 1. The first-order valence-electron chi connectivity index (χ1n) is 6.49. The fourth-order valence-electron chi connectivity index (χ4n) is 2.04. The van der Waals surface area contributed by atoms with Crippen molar-refractivity contribution in [1.82, 2.24) is 9.78 Å². The van der Waals surface area contributed by atoms with Gasteiger partial charge in [-0.15, -0.1) is 0 Å². The molecule has 1 aromatic carbocycles. The number of hydrogen-bond donors (Lipinski definition) is 2. The number of nitrogens with zero attached hydrogens (tertiary/aromatic N) is 3. The molecule has 0 radical (unpaired) electrons. The van der Waals surface area contributed by atoms with E-state index in [9.17, 15) is 17.4 Å². The minimum atomic E-state index is -4.66. The SMILES string of the molecule is N#CCS(=O)c1c(C(N)=S)nn(-c2c(Cl)cc(C(F)(F)F)cc2Cl)c1N. The minimum absolute atomic E-state index is 0.119. The molecule has 1 unspecified atom stereocenters. The van der Waals surface area contributed by atoms with E-state index in [1.807, 2.05) is 0 Å². The van der Waals surface area contributed by atoms with Crippen LogP contribution in [0.25, 0.3) is 5.69 Å². The van der Waals surface area contributed by atoms with Crippen LogP contribution >= 0.6 is 35.4 Å². The molecule has 0 spiro atoms. The van der Waals surface area contributed by atoms with Crippen molar-refractivity contribution in [3.63, 3.8) is 0 Å². The average molecular weight is 442 g/mol. The van der Waals surface area contributed by atoms with Gasteiger partial charge in [0.2, 0.25) is 0 Å². The molecule has 0 aliphatic rings. The van der Waals surface area contributed by atoms with E-state index >= 15 is 0 Å². The molecule has 0 aliphatic heterocycles. The van der Waals surface area contributed by atoms with E-state index in [2.05, 4.69) is 5.10 Å². The second kappa shape index (κ2) is 7.40. The van der Waals surface area contributed by atoms with Gasteiger partial charge in [-0.1, -0.05) is 35.4 Å². The maximum atomic E-state index is 12.9. The zero-order chi connectivity index (χ0) is 19.8. The van der Waals surface area contributed by atoms with Crippen LogP contribution in [0, 0.1) is 11.3 Å². The van der Waals surface area contributed by atoms with Crippen LogP contribution in [0.1, 0.15) is 11.3 Å². The summed E-state index contributed by atoms with van der Waals surface area (Å²) in [6, 6.07) is 3.00. The van der Waals surface area contributed by atoms with Gasteiger partial charge in [-0.25, -0.2) is 4.68 Å². The fraction of sp³-hybridized carbons (Fsp3) is 0.154. The van der Waals surface area contributed by atoms with Gasteiger partial charge in [-0.05, 0) is 12.1 Å². The van der Waals surface area contributed by atoms with Gasteiger partial charge in [-0.2, -0.15) is 23.5 Å². The van der Waals surface area contributed by atoms with Crippen molar-refractivity contribution in [2.75, 3.05) is 11.5 Å². The second-order valence-corrected chi connectivity index (χ2v) is 7.42. The van der Waals surface area contributed by atoms with E-state index in [4.69, 9.17) is 52.1 Å². The molecule has 26 heavy (non-hydrogen) atoms. The highest BCUT2D eigenvalue weighted by Crippen LogP contribution is 2.39. The molecule has 0 aliphatic carbocycles. The monoisotopic (exact) mass is 441 g/mol. The third-order valence-electron chi connectivity index (χ3n) is 3.09. The van der Waals surface area contributed by atoms with Crippen LogP contribution in [0.4, 0.5) is 19.0 Å². The molecule has 0 fully saturated rings. The lowest BCUT2D eigenvalue weighted by Crippen LogP contribution is -2.14. The molecule has 1 atom stereocenters. The Bertz CT molecular complexity index is 945. The number of alkyl halides is 3. The summed E-state index contributed by atoms with van der Waals surface area (Å²) in [5.74, 6) is -0.676. The molecule has 13 heteroatoms. The first kappa shape index (κ1) is 20.4. The maximum Gasteiger partial charge on any atom is 0.416 e. The van der Waals surface area contributed by atoms with Gasteiger partial charge >= 0.3 is 6.18 Å². The Morgan fingerprint density at radius 2 is 1.92 bits per heavy atom. The van der Waals surface area contributed by atoms with Gasteiger partial charge in [0.05, 0.1) is 32.5 Å². The summed E-state index contributed by atoms with van der Waals surface area (Å²) in [7, 11) is -1.91. The van der Waals surface area contributed by atoms with Crippen LogP contribution in [-0.2, 0) is 17.0 Å². The molecule has 0 bridgehead atoms. The first-order valence-corrected chi connectivity index (χ1v) is 8.97. The lowest BCUT2D eigenvalue weighted by Gasteiger charge is -2.13. The molecular weight excluding hydrogens is 434 g/mol. The summed E-state index contributed by atoms with van der Waals surface area (Å²) in [6.45, 7) is 0. The van der Waals surface area contributed by atoms with Gasteiger partial charge in [0.15, 0.2) is 0 Å². The summed E-state index contributed by atoms with van der Waals surface area (Å²) in [5, 5.41) is 11.9. The number of hydrogen-bond acceptors (Lipinski definition) is 5. The van der Waals surface area contributed by atoms with Crippen molar-refractivity contribution in [3.8, 4) is 11.8 Å². The van der Waals surface area contributed by atoms with E-state index in [-0.39, 0.29) is 27.1 Å². The predicted molar refractivity (Wildman–Crippen MR) is 95.8 cm³/mol. The van der Waals surface area contributed by atoms with Gasteiger partial charge in [-0.3, -0.25) is 4.21 Å². The van der Waals surface area contributed by atoms with Gasteiger partial charge in [0.25, 0.3) is 0 Å². The number of anilines is 1. The van der Waals surface area contributed by atoms with Crippen molar-refractivity contribution in [1.29, 1.82) is 5.26 Å².